The molecule has 1 aromatic heterocycles. The third-order valence-electron chi connectivity index (χ3n) is 2.02. The second kappa shape index (κ2) is 3.51. The summed E-state index contributed by atoms with van der Waals surface area (Å²) in [5, 5.41) is 0.274. The standard InChI is InChI=1S/C8H9ClN4O/c9-6-2-11-3-7(12-6)13-4-5(10)1-8(13)14/h2-3,5H,1,4,10H2. The molecule has 1 saturated heterocycles. The highest BCUT2D eigenvalue weighted by Crippen LogP contribution is 2.18. The van der Waals surface area contributed by atoms with Gasteiger partial charge in [-0.25, -0.2) is 4.98 Å². The van der Waals surface area contributed by atoms with Gasteiger partial charge in [0.2, 0.25) is 5.91 Å². The van der Waals surface area contributed by atoms with Crippen molar-refractivity contribution in [2.45, 2.75) is 12.5 Å². The quantitative estimate of drug-likeness (QED) is 0.722. The van der Waals surface area contributed by atoms with Crippen LogP contribution in [0.15, 0.2) is 12.4 Å². The summed E-state index contributed by atoms with van der Waals surface area (Å²) in [4.78, 5) is 20.8. The van der Waals surface area contributed by atoms with Gasteiger partial charge in [0.25, 0.3) is 0 Å². The third kappa shape index (κ3) is 1.69. The Morgan fingerprint density at radius 2 is 2.36 bits per heavy atom. The second-order valence-corrected chi connectivity index (χ2v) is 3.56. The molecule has 6 heteroatoms. The Bertz CT molecular complexity index is 370. The summed E-state index contributed by atoms with van der Waals surface area (Å²) in [6, 6.07) is -0.122. The molecule has 0 aliphatic carbocycles. The van der Waals surface area contributed by atoms with Crippen molar-refractivity contribution >= 4 is 23.3 Å². The molecule has 1 amide bonds. The highest BCUT2D eigenvalue weighted by Gasteiger charge is 2.29. The molecule has 1 aliphatic heterocycles. The maximum absolute atomic E-state index is 11.4. The van der Waals surface area contributed by atoms with Crippen LogP contribution in [-0.2, 0) is 4.79 Å². The molecule has 14 heavy (non-hydrogen) atoms. The molecular formula is C8H9ClN4O. The Morgan fingerprint density at radius 1 is 1.57 bits per heavy atom. The van der Waals surface area contributed by atoms with E-state index in [1.54, 1.807) is 0 Å². The lowest BCUT2D eigenvalue weighted by atomic mass is 10.3. The van der Waals surface area contributed by atoms with Crippen LogP contribution in [-0.4, -0.2) is 28.5 Å². The van der Waals surface area contributed by atoms with Crippen molar-refractivity contribution < 1.29 is 4.79 Å². The highest BCUT2D eigenvalue weighted by atomic mass is 35.5. The third-order valence-corrected chi connectivity index (χ3v) is 2.21. The monoisotopic (exact) mass is 212 g/mol. The van der Waals surface area contributed by atoms with Crippen molar-refractivity contribution in [1.29, 1.82) is 0 Å². The van der Waals surface area contributed by atoms with Crippen LogP contribution in [0.3, 0.4) is 0 Å². The Balaban J connectivity index is 2.27. The number of anilines is 1. The SMILES string of the molecule is NC1CC(=O)N(c2cncc(Cl)n2)C1. The van der Waals surface area contributed by atoms with Gasteiger partial charge < -0.3 is 5.73 Å². The summed E-state index contributed by atoms with van der Waals surface area (Å²) < 4.78 is 0. The van der Waals surface area contributed by atoms with Gasteiger partial charge in [-0.05, 0) is 0 Å². The molecule has 1 fully saturated rings. The maximum atomic E-state index is 11.4. The van der Waals surface area contributed by atoms with Crippen LogP contribution in [0.4, 0.5) is 5.82 Å². The van der Waals surface area contributed by atoms with E-state index >= 15 is 0 Å². The number of aromatic nitrogens is 2. The molecule has 2 N–H and O–H groups in total. The van der Waals surface area contributed by atoms with Crippen molar-refractivity contribution in [1.82, 2.24) is 9.97 Å². The molecule has 0 saturated carbocycles. The van der Waals surface area contributed by atoms with E-state index in [9.17, 15) is 4.79 Å². The number of nitrogens with two attached hydrogens (primary N) is 1. The molecule has 2 heterocycles. The molecule has 1 aliphatic rings. The number of rotatable bonds is 1. The summed E-state index contributed by atoms with van der Waals surface area (Å²) in [5.41, 5.74) is 5.65. The van der Waals surface area contributed by atoms with Gasteiger partial charge in [0, 0.05) is 19.0 Å². The molecule has 1 atom stereocenters. The van der Waals surface area contributed by atoms with E-state index in [0.29, 0.717) is 18.8 Å². The van der Waals surface area contributed by atoms with Crippen molar-refractivity contribution in [2.24, 2.45) is 5.73 Å². The summed E-state index contributed by atoms with van der Waals surface area (Å²) in [6.45, 7) is 0.480. The molecule has 0 aromatic carbocycles. The summed E-state index contributed by atoms with van der Waals surface area (Å²) >= 11 is 5.66. The average molecular weight is 213 g/mol. The normalized spacial score (nSPS) is 21.7. The first kappa shape index (κ1) is 9.36. The lowest BCUT2D eigenvalue weighted by molar-refractivity contribution is -0.117. The summed E-state index contributed by atoms with van der Waals surface area (Å²) in [6.07, 6.45) is 3.28. The highest BCUT2D eigenvalue weighted by molar-refractivity contribution is 6.29. The van der Waals surface area contributed by atoms with Crippen LogP contribution >= 0.6 is 11.6 Å². The van der Waals surface area contributed by atoms with Crippen molar-refractivity contribution in [3.63, 3.8) is 0 Å². The molecule has 0 spiro atoms. The van der Waals surface area contributed by atoms with Crippen LogP contribution in [0.1, 0.15) is 6.42 Å². The molecule has 74 valence electrons. The zero-order valence-electron chi connectivity index (χ0n) is 7.35. The Kier molecular flexibility index (Phi) is 2.35. The van der Waals surface area contributed by atoms with E-state index in [4.69, 9.17) is 17.3 Å². The van der Waals surface area contributed by atoms with Gasteiger partial charge in [0.1, 0.15) is 5.15 Å². The van der Waals surface area contributed by atoms with Gasteiger partial charge in [0.05, 0.1) is 12.4 Å². The minimum atomic E-state index is -0.122. The van der Waals surface area contributed by atoms with E-state index in [2.05, 4.69) is 9.97 Å². The topological polar surface area (TPSA) is 72.1 Å². The first-order chi connectivity index (χ1) is 6.66. The first-order valence-electron chi connectivity index (χ1n) is 4.20. The second-order valence-electron chi connectivity index (χ2n) is 3.17. The molecular weight excluding hydrogens is 204 g/mol. The van der Waals surface area contributed by atoms with Crippen LogP contribution < -0.4 is 10.6 Å². The lowest BCUT2D eigenvalue weighted by Crippen LogP contribution is -2.28. The van der Waals surface area contributed by atoms with Crippen LogP contribution in [0.25, 0.3) is 0 Å². The number of hydrogen-bond acceptors (Lipinski definition) is 4. The number of nitrogens with zero attached hydrogens (tertiary/aromatic N) is 3. The number of carbonyl (C=O) groups is 1. The molecule has 0 bridgehead atoms. The van der Waals surface area contributed by atoms with Crippen LogP contribution in [0, 0.1) is 0 Å². The first-order valence-corrected chi connectivity index (χ1v) is 4.58. The zero-order chi connectivity index (χ0) is 10.1. The van der Waals surface area contributed by atoms with Crippen molar-refractivity contribution in [3.05, 3.63) is 17.5 Å². The van der Waals surface area contributed by atoms with Gasteiger partial charge in [-0.2, -0.15) is 0 Å². The predicted molar refractivity (Wildman–Crippen MR) is 52.0 cm³/mol. The minimum Gasteiger partial charge on any atom is -0.326 e. The maximum Gasteiger partial charge on any atom is 0.229 e. The van der Waals surface area contributed by atoms with Crippen LogP contribution in [0.5, 0.6) is 0 Å². The zero-order valence-corrected chi connectivity index (χ0v) is 8.11. The minimum absolute atomic E-state index is 0.0333. The molecule has 1 unspecified atom stereocenters. The van der Waals surface area contributed by atoms with E-state index in [0.717, 1.165) is 0 Å². The van der Waals surface area contributed by atoms with E-state index in [1.165, 1.54) is 17.3 Å². The summed E-state index contributed by atoms with van der Waals surface area (Å²) in [5.74, 6) is 0.435. The smallest absolute Gasteiger partial charge is 0.229 e. The van der Waals surface area contributed by atoms with Crippen LogP contribution in [0.2, 0.25) is 5.15 Å². The number of amides is 1. The largest absolute Gasteiger partial charge is 0.326 e. The van der Waals surface area contributed by atoms with Gasteiger partial charge in [0.15, 0.2) is 5.82 Å². The van der Waals surface area contributed by atoms with Gasteiger partial charge in [-0.1, -0.05) is 11.6 Å². The Morgan fingerprint density at radius 3 is 2.93 bits per heavy atom. The molecule has 5 nitrogen and oxygen atoms in total. The molecule has 0 radical (unpaired) electrons. The van der Waals surface area contributed by atoms with Crippen molar-refractivity contribution in [3.8, 4) is 0 Å². The van der Waals surface area contributed by atoms with E-state index in [-0.39, 0.29) is 17.1 Å². The van der Waals surface area contributed by atoms with Gasteiger partial charge in [-0.3, -0.25) is 14.7 Å². The van der Waals surface area contributed by atoms with E-state index in [1.807, 2.05) is 0 Å². The average Bonchev–Trinajstić information content (AvgIpc) is 2.45. The molecule has 2 rings (SSSR count). The fourth-order valence-corrected chi connectivity index (χ4v) is 1.56. The lowest BCUT2D eigenvalue weighted by Gasteiger charge is -2.13. The van der Waals surface area contributed by atoms with Crippen molar-refractivity contribution in [2.75, 3.05) is 11.4 Å². The van der Waals surface area contributed by atoms with E-state index < -0.39 is 0 Å². The molecule has 1 aromatic rings. The predicted octanol–water partition coefficient (Wildman–Crippen LogP) is 0.194. The number of halogens is 1. The Labute approximate surface area is 85.9 Å². The fraction of sp³-hybridized carbons (Fsp3) is 0.375. The van der Waals surface area contributed by atoms with Gasteiger partial charge >= 0.3 is 0 Å². The Hall–Kier alpha value is -1.20. The number of hydrogen-bond donors (Lipinski definition) is 1. The summed E-state index contributed by atoms with van der Waals surface area (Å²) in [7, 11) is 0. The fourth-order valence-electron chi connectivity index (χ4n) is 1.42. The number of carbonyl (C=O) groups excluding carboxylic acids is 1. The van der Waals surface area contributed by atoms with Gasteiger partial charge in [-0.15, -0.1) is 0 Å².